The van der Waals surface area contributed by atoms with Gasteiger partial charge < -0.3 is 4.90 Å². The Kier molecular flexibility index (Phi) is 3.46. The summed E-state index contributed by atoms with van der Waals surface area (Å²) in [5.74, 6) is 0.658. The Morgan fingerprint density at radius 3 is 2.95 bits per heavy atom. The summed E-state index contributed by atoms with van der Waals surface area (Å²) < 4.78 is 2.29. The van der Waals surface area contributed by atoms with E-state index < -0.39 is 0 Å². The highest BCUT2D eigenvalue weighted by atomic mass is 35.5. The predicted octanol–water partition coefficient (Wildman–Crippen LogP) is 3.05. The summed E-state index contributed by atoms with van der Waals surface area (Å²) in [5, 5.41) is 0. The van der Waals surface area contributed by atoms with Crippen molar-refractivity contribution in [2.75, 3.05) is 11.9 Å². The van der Waals surface area contributed by atoms with Crippen LogP contribution in [0.3, 0.4) is 0 Å². The topological polar surface area (TPSA) is 37.6 Å². The third kappa shape index (κ3) is 2.55. The highest BCUT2D eigenvalue weighted by Crippen LogP contribution is 2.23. The number of nitrogens with zero attached hydrogens (tertiary/aromatic N) is 3. The van der Waals surface area contributed by atoms with Crippen molar-refractivity contribution in [3.63, 3.8) is 0 Å². The van der Waals surface area contributed by atoms with Gasteiger partial charge in [0.2, 0.25) is 0 Å². The second kappa shape index (κ2) is 5.26. The number of aromatic nitrogens is 2. The van der Waals surface area contributed by atoms with Crippen LogP contribution in [0.4, 0.5) is 5.82 Å². The summed E-state index contributed by atoms with van der Waals surface area (Å²) in [6.45, 7) is 0.673. The van der Waals surface area contributed by atoms with Gasteiger partial charge in [-0.05, 0) is 24.3 Å². The summed E-state index contributed by atoms with van der Waals surface area (Å²) in [5.41, 5.74) is 0.563. The van der Waals surface area contributed by atoms with E-state index in [9.17, 15) is 4.79 Å². The third-order valence-electron chi connectivity index (χ3n) is 2.97. The van der Waals surface area contributed by atoms with E-state index in [0.29, 0.717) is 18.0 Å². The fourth-order valence-electron chi connectivity index (χ4n) is 1.99. The molecular weight excluding hydrogens is 294 g/mol. The van der Waals surface area contributed by atoms with Gasteiger partial charge in [-0.3, -0.25) is 9.20 Å². The molecule has 0 aromatic carbocycles. The summed E-state index contributed by atoms with van der Waals surface area (Å²) >= 11 is 7.46. The van der Waals surface area contributed by atoms with Crippen LogP contribution in [0.15, 0.2) is 47.4 Å². The number of rotatable bonds is 3. The van der Waals surface area contributed by atoms with E-state index in [1.54, 1.807) is 12.3 Å². The van der Waals surface area contributed by atoms with E-state index in [-0.39, 0.29) is 5.56 Å². The van der Waals surface area contributed by atoms with E-state index in [0.717, 1.165) is 9.21 Å². The second-order valence-corrected chi connectivity index (χ2v) is 6.24. The Hall–Kier alpha value is -1.85. The molecule has 0 radical (unpaired) electrons. The molecule has 3 aromatic heterocycles. The molecule has 0 fully saturated rings. The molecule has 20 heavy (non-hydrogen) atoms. The molecule has 4 nitrogen and oxygen atoms in total. The van der Waals surface area contributed by atoms with Crippen molar-refractivity contribution in [2.45, 2.75) is 6.54 Å². The maximum Gasteiger partial charge on any atom is 0.259 e. The van der Waals surface area contributed by atoms with E-state index in [4.69, 9.17) is 11.6 Å². The van der Waals surface area contributed by atoms with Gasteiger partial charge in [-0.1, -0.05) is 17.7 Å². The minimum atomic E-state index is -0.0818. The number of halogens is 1. The number of hydrogen-bond donors (Lipinski definition) is 0. The lowest BCUT2D eigenvalue weighted by Gasteiger charge is -2.17. The average molecular weight is 306 g/mol. The molecule has 0 amide bonds. The smallest absolute Gasteiger partial charge is 0.259 e. The Bertz CT molecular complexity index is 811. The Morgan fingerprint density at radius 1 is 1.35 bits per heavy atom. The van der Waals surface area contributed by atoms with Crippen molar-refractivity contribution in [1.29, 1.82) is 0 Å². The van der Waals surface area contributed by atoms with Crippen molar-refractivity contribution in [2.24, 2.45) is 0 Å². The van der Waals surface area contributed by atoms with Crippen LogP contribution >= 0.6 is 22.9 Å². The molecular formula is C14H12ClN3OS. The minimum absolute atomic E-state index is 0.0818. The van der Waals surface area contributed by atoms with Gasteiger partial charge in [-0.2, -0.15) is 0 Å². The van der Waals surface area contributed by atoms with Gasteiger partial charge in [0.15, 0.2) is 0 Å². The van der Waals surface area contributed by atoms with Crippen LogP contribution in [0, 0.1) is 0 Å². The molecule has 0 N–H and O–H groups in total. The fourth-order valence-corrected chi connectivity index (χ4v) is 3.13. The van der Waals surface area contributed by atoms with Crippen LogP contribution in [0.5, 0.6) is 0 Å². The molecule has 0 atom stereocenters. The lowest BCUT2D eigenvalue weighted by molar-refractivity contribution is 0.899. The summed E-state index contributed by atoms with van der Waals surface area (Å²) in [6, 6.07) is 10.9. The number of thiophene rings is 1. The number of anilines is 1. The molecule has 0 saturated carbocycles. The van der Waals surface area contributed by atoms with Crippen LogP contribution in [0.1, 0.15) is 4.88 Å². The average Bonchev–Trinajstić information content (AvgIpc) is 2.84. The van der Waals surface area contributed by atoms with E-state index in [1.165, 1.54) is 15.7 Å². The van der Waals surface area contributed by atoms with Crippen LogP contribution in [0.2, 0.25) is 4.34 Å². The largest absolute Gasteiger partial charge is 0.354 e. The SMILES string of the molecule is CN(Cc1ccc(Cl)s1)c1cc(=O)n2ccccc2n1. The summed E-state index contributed by atoms with van der Waals surface area (Å²) in [6.07, 6.45) is 1.72. The number of fused-ring (bicyclic) bond motifs is 1. The number of hydrogen-bond acceptors (Lipinski definition) is 4. The molecule has 6 heteroatoms. The first-order valence-corrected chi connectivity index (χ1v) is 7.27. The van der Waals surface area contributed by atoms with Gasteiger partial charge in [0.1, 0.15) is 11.5 Å². The van der Waals surface area contributed by atoms with E-state index >= 15 is 0 Å². The van der Waals surface area contributed by atoms with Gasteiger partial charge >= 0.3 is 0 Å². The van der Waals surface area contributed by atoms with Crippen LogP contribution in [-0.2, 0) is 6.54 Å². The molecule has 3 rings (SSSR count). The highest BCUT2D eigenvalue weighted by Gasteiger charge is 2.08. The lowest BCUT2D eigenvalue weighted by atomic mass is 10.4. The first-order chi connectivity index (χ1) is 9.63. The fraction of sp³-hybridized carbons (Fsp3) is 0.143. The number of pyridine rings is 1. The van der Waals surface area contributed by atoms with Gasteiger partial charge in [0, 0.05) is 24.2 Å². The standard InChI is InChI=1S/C14H12ClN3OS/c1-17(9-10-5-6-11(15)20-10)13-8-14(19)18-7-3-2-4-12(18)16-13/h2-8H,9H2,1H3. The van der Waals surface area contributed by atoms with Gasteiger partial charge in [-0.15, -0.1) is 11.3 Å². The predicted molar refractivity (Wildman–Crippen MR) is 82.9 cm³/mol. The van der Waals surface area contributed by atoms with Crippen LogP contribution in [0.25, 0.3) is 5.65 Å². The third-order valence-corrected chi connectivity index (χ3v) is 4.19. The van der Waals surface area contributed by atoms with Crippen molar-refractivity contribution < 1.29 is 0 Å². The molecule has 3 heterocycles. The van der Waals surface area contributed by atoms with Crippen molar-refractivity contribution in [3.8, 4) is 0 Å². The first-order valence-electron chi connectivity index (χ1n) is 6.07. The molecule has 0 aliphatic rings. The Balaban J connectivity index is 1.95. The maximum absolute atomic E-state index is 12.0. The molecule has 0 unspecified atom stereocenters. The van der Waals surface area contributed by atoms with Gasteiger partial charge in [-0.25, -0.2) is 4.98 Å². The van der Waals surface area contributed by atoms with Gasteiger partial charge in [0.05, 0.1) is 10.9 Å². The van der Waals surface area contributed by atoms with Crippen molar-refractivity contribution in [3.05, 3.63) is 62.2 Å². The second-order valence-electron chi connectivity index (χ2n) is 4.44. The van der Waals surface area contributed by atoms with E-state index in [1.807, 2.05) is 42.3 Å². The molecule has 0 bridgehead atoms. The van der Waals surface area contributed by atoms with Crippen LogP contribution < -0.4 is 10.5 Å². The van der Waals surface area contributed by atoms with Crippen molar-refractivity contribution in [1.82, 2.24) is 9.38 Å². The monoisotopic (exact) mass is 305 g/mol. The zero-order valence-electron chi connectivity index (χ0n) is 10.8. The molecule has 0 aliphatic carbocycles. The van der Waals surface area contributed by atoms with Crippen molar-refractivity contribution >= 4 is 34.4 Å². The highest BCUT2D eigenvalue weighted by molar-refractivity contribution is 7.16. The normalized spacial score (nSPS) is 10.9. The summed E-state index contributed by atoms with van der Waals surface area (Å²) in [7, 11) is 1.91. The molecule has 0 aliphatic heterocycles. The lowest BCUT2D eigenvalue weighted by Crippen LogP contribution is -2.22. The zero-order chi connectivity index (χ0) is 14.1. The molecule has 3 aromatic rings. The maximum atomic E-state index is 12.0. The zero-order valence-corrected chi connectivity index (χ0v) is 12.4. The Morgan fingerprint density at radius 2 is 2.20 bits per heavy atom. The van der Waals surface area contributed by atoms with Crippen LogP contribution in [-0.4, -0.2) is 16.4 Å². The minimum Gasteiger partial charge on any atom is -0.354 e. The van der Waals surface area contributed by atoms with E-state index in [2.05, 4.69) is 4.98 Å². The molecule has 0 saturated heterocycles. The Labute approximate surface area is 124 Å². The quantitative estimate of drug-likeness (QED) is 0.746. The first kappa shape index (κ1) is 13.1. The summed E-state index contributed by atoms with van der Waals surface area (Å²) in [4.78, 5) is 19.6. The van der Waals surface area contributed by atoms with Gasteiger partial charge in [0.25, 0.3) is 5.56 Å². The molecule has 0 spiro atoms. The molecule has 102 valence electrons.